The fourth-order valence-electron chi connectivity index (χ4n) is 2.62. The predicted octanol–water partition coefficient (Wildman–Crippen LogP) is 1.80. The Morgan fingerprint density at radius 3 is 2.48 bits per heavy atom. The van der Waals surface area contributed by atoms with Crippen molar-refractivity contribution in [3.05, 3.63) is 48.2 Å². The van der Waals surface area contributed by atoms with Gasteiger partial charge in [-0.15, -0.1) is 0 Å². The second kappa shape index (κ2) is 7.76. The Kier molecular flexibility index (Phi) is 5.25. The van der Waals surface area contributed by atoms with Crippen LogP contribution < -0.4 is 15.5 Å². The molecule has 0 spiro atoms. The average molecular weight is 340 g/mol. The minimum atomic E-state index is -0.755. The van der Waals surface area contributed by atoms with Gasteiger partial charge in [0.1, 0.15) is 5.82 Å². The normalized spacial score (nSPS) is 14.0. The molecule has 25 heavy (non-hydrogen) atoms. The van der Waals surface area contributed by atoms with Gasteiger partial charge in [-0.3, -0.25) is 9.59 Å². The van der Waals surface area contributed by atoms with Crippen molar-refractivity contribution < 1.29 is 14.3 Å². The van der Waals surface area contributed by atoms with Crippen LogP contribution in [0.1, 0.15) is 5.69 Å². The highest BCUT2D eigenvalue weighted by Crippen LogP contribution is 2.26. The molecule has 1 aliphatic heterocycles. The molecule has 0 radical (unpaired) electrons. The minimum absolute atomic E-state index is 0.349. The van der Waals surface area contributed by atoms with Crippen LogP contribution in [0, 0.1) is 6.92 Å². The van der Waals surface area contributed by atoms with Crippen LogP contribution in [0.5, 0.6) is 0 Å². The molecular weight excluding hydrogens is 320 g/mol. The average Bonchev–Trinajstić information content (AvgIpc) is 2.63. The third kappa shape index (κ3) is 4.33. The number of hydrogen-bond donors (Lipinski definition) is 2. The summed E-state index contributed by atoms with van der Waals surface area (Å²) in [4.78, 5) is 30.6. The van der Waals surface area contributed by atoms with Crippen LogP contribution in [0.3, 0.4) is 0 Å². The second-order valence-electron chi connectivity index (χ2n) is 5.69. The number of nitrogens with one attached hydrogen (secondary N) is 2. The van der Waals surface area contributed by atoms with E-state index in [9.17, 15) is 9.59 Å². The van der Waals surface area contributed by atoms with Gasteiger partial charge in [0.05, 0.1) is 24.6 Å². The molecule has 0 bridgehead atoms. The Hall–Kier alpha value is -2.93. The highest BCUT2D eigenvalue weighted by atomic mass is 16.5. The minimum Gasteiger partial charge on any atom is -0.378 e. The van der Waals surface area contributed by atoms with Crippen LogP contribution >= 0.6 is 0 Å². The Morgan fingerprint density at radius 1 is 1.00 bits per heavy atom. The molecule has 0 atom stereocenters. The van der Waals surface area contributed by atoms with E-state index >= 15 is 0 Å². The van der Waals surface area contributed by atoms with Crippen molar-refractivity contribution in [1.82, 2.24) is 4.98 Å². The van der Waals surface area contributed by atoms with Crippen molar-refractivity contribution in [2.45, 2.75) is 6.92 Å². The molecule has 0 aliphatic carbocycles. The molecular formula is C18H20N4O3. The number of aryl methyl sites for hydroxylation is 1. The monoisotopic (exact) mass is 340 g/mol. The SMILES string of the molecule is Cc1cccc(NC(=O)C(=O)Nc2ccccc2N2CCOCC2)n1. The van der Waals surface area contributed by atoms with Crippen molar-refractivity contribution in [2.75, 3.05) is 41.8 Å². The molecule has 7 heteroatoms. The van der Waals surface area contributed by atoms with Crippen LogP contribution in [0.4, 0.5) is 17.2 Å². The van der Waals surface area contributed by atoms with E-state index in [1.54, 1.807) is 18.2 Å². The first kappa shape index (κ1) is 16.9. The summed E-state index contributed by atoms with van der Waals surface area (Å²) in [5.41, 5.74) is 2.23. The van der Waals surface area contributed by atoms with Crippen molar-refractivity contribution in [2.24, 2.45) is 0 Å². The zero-order chi connectivity index (χ0) is 17.6. The number of para-hydroxylation sites is 2. The van der Waals surface area contributed by atoms with Gasteiger partial charge < -0.3 is 20.3 Å². The smallest absolute Gasteiger partial charge is 0.315 e. The highest BCUT2D eigenvalue weighted by molar-refractivity contribution is 6.43. The Labute approximate surface area is 146 Å². The molecule has 2 heterocycles. The third-order valence-electron chi connectivity index (χ3n) is 3.84. The largest absolute Gasteiger partial charge is 0.378 e. The third-order valence-corrected chi connectivity index (χ3v) is 3.84. The van der Waals surface area contributed by atoms with Gasteiger partial charge in [-0.25, -0.2) is 4.98 Å². The van der Waals surface area contributed by atoms with E-state index in [0.29, 0.717) is 24.7 Å². The van der Waals surface area contributed by atoms with Crippen LogP contribution in [0.2, 0.25) is 0 Å². The number of pyridine rings is 1. The number of morpholine rings is 1. The lowest BCUT2D eigenvalue weighted by Gasteiger charge is -2.30. The molecule has 3 rings (SSSR count). The fourth-order valence-corrected chi connectivity index (χ4v) is 2.62. The van der Waals surface area contributed by atoms with Gasteiger partial charge in [-0.05, 0) is 31.2 Å². The van der Waals surface area contributed by atoms with E-state index < -0.39 is 11.8 Å². The van der Waals surface area contributed by atoms with Gasteiger partial charge in [0.25, 0.3) is 0 Å². The Bertz CT molecular complexity index is 772. The molecule has 2 amide bonds. The number of aromatic nitrogens is 1. The van der Waals surface area contributed by atoms with Crippen molar-refractivity contribution in [3.63, 3.8) is 0 Å². The van der Waals surface area contributed by atoms with Gasteiger partial charge in [0, 0.05) is 18.8 Å². The summed E-state index contributed by atoms with van der Waals surface area (Å²) >= 11 is 0. The summed E-state index contributed by atoms with van der Waals surface area (Å²) in [7, 11) is 0. The Balaban J connectivity index is 1.69. The van der Waals surface area contributed by atoms with Crippen LogP contribution in [-0.2, 0) is 14.3 Å². The zero-order valence-electron chi connectivity index (χ0n) is 14.0. The summed E-state index contributed by atoms with van der Waals surface area (Å²) in [5.74, 6) is -1.14. The molecule has 0 unspecified atom stereocenters. The standard InChI is InChI=1S/C18H20N4O3/c1-13-5-4-8-16(19-13)21-18(24)17(23)20-14-6-2-3-7-15(14)22-9-11-25-12-10-22/h2-8H,9-12H2,1H3,(H,20,23)(H,19,21,24). The maximum Gasteiger partial charge on any atom is 0.315 e. The number of amides is 2. The maximum atomic E-state index is 12.2. The lowest BCUT2D eigenvalue weighted by atomic mass is 10.2. The molecule has 2 N–H and O–H groups in total. The predicted molar refractivity (Wildman–Crippen MR) is 95.7 cm³/mol. The van der Waals surface area contributed by atoms with E-state index in [1.807, 2.05) is 31.2 Å². The first-order valence-corrected chi connectivity index (χ1v) is 8.11. The van der Waals surface area contributed by atoms with E-state index in [-0.39, 0.29) is 0 Å². The van der Waals surface area contributed by atoms with E-state index in [2.05, 4.69) is 20.5 Å². The fraction of sp³-hybridized carbons (Fsp3) is 0.278. The zero-order valence-corrected chi connectivity index (χ0v) is 14.0. The van der Waals surface area contributed by atoms with Gasteiger partial charge in [0.2, 0.25) is 0 Å². The maximum absolute atomic E-state index is 12.2. The summed E-state index contributed by atoms with van der Waals surface area (Å²) in [6.45, 7) is 4.58. The molecule has 7 nitrogen and oxygen atoms in total. The number of carbonyl (C=O) groups is 2. The second-order valence-corrected chi connectivity index (χ2v) is 5.69. The van der Waals surface area contributed by atoms with E-state index in [0.717, 1.165) is 24.5 Å². The summed E-state index contributed by atoms with van der Waals surface area (Å²) in [6.07, 6.45) is 0. The van der Waals surface area contributed by atoms with Crippen LogP contribution in [0.25, 0.3) is 0 Å². The van der Waals surface area contributed by atoms with Gasteiger partial charge >= 0.3 is 11.8 Å². The number of benzene rings is 1. The summed E-state index contributed by atoms with van der Waals surface area (Å²) in [6, 6.07) is 12.6. The molecule has 1 aromatic carbocycles. The van der Waals surface area contributed by atoms with Crippen molar-refractivity contribution in [1.29, 1.82) is 0 Å². The number of carbonyl (C=O) groups excluding carboxylic acids is 2. The van der Waals surface area contributed by atoms with E-state index in [4.69, 9.17) is 4.74 Å². The van der Waals surface area contributed by atoms with Crippen LogP contribution in [0.15, 0.2) is 42.5 Å². The lowest BCUT2D eigenvalue weighted by Crippen LogP contribution is -2.37. The summed E-state index contributed by atoms with van der Waals surface area (Å²) in [5, 5.41) is 5.19. The van der Waals surface area contributed by atoms with Crippen molar-refractivity contribution in [3.8, 4) is 0 Å². The number of nitrogens with zero attached hydrogens (tertiary/aromatic N) is 2. The number of ether oxygens (including phenoxy) is 1. The topological polar surface area (TPSA) is 83.6 Å². The van der Waals surface area contributed by atoms with Gasteiger partial charge in [0.15, 0.2) is 0 Å². The van der Waals surface area contributed by atoms with Gasteiger partial charge in [-0.1, -0.05) is 18.2 Å². The molecule has 1 fully saturated rings. The van der Waals surface area contributed by atoms with Crippen molar-refractivity contribution >= 4 is 29.0 Å². The Morgan fingerprint density at radius 2 is 1.72 bits per heavy atom. The van der Waals surface area contributed by atoms with Crippen LogP contribution in [-0.4, -0.2) is 43.1 Å². The number of hydrogen-bond acceptors (Lipinski definition) is 5. The molecule has 130 valence electrons. The quantitative estimate of drug-likeness (QED) is 0.833. The first-order valence-electron chi connectivity index (χ1n) is 8.11. The van der Waals surface area contributed by atoms with Gasteiger partial charge in [-0.2, -0.15) is 0 Å². The highest BCUT2D eigenvalue weighted by Gasteiger charge is 2.19. The molecule has 1 aromatic heterocycles. The lowest BCUT2D eigenvalue weighted by molar-refractivity contribution is -0.133. The summed E-state index contributed by atoms with van der Waals surface area (Å²) < 4.78 is 5.36. The molecule has 2 aromatic rings. The number of anilines is 3. The number of rotatable bonds is 3. The molecule has 0 saturated carbocycles. The van der Waals surface area contributed by atoms with E-state index in [1.165, 1.54) is 0 Å². The first-order chi connectivity index (χ1) is 12.1. The molecule has 1 aliphatic rings. The molecule has 1 saturated heterocycles.